The van der Waals surface area contributed by atoms with Gasteiger partial charge in [-0.3, -0.25) is 4.55 Å². The van der Waals surface area contributed by atoms with Crippen LogP contribution in [0.15, 0.2) is 18.2 Å². The lowest BCUT2D eigenvalue weighted by Gasteiger charge is -2.42. The second-order valence-corrected chi connectivity index (χ2v) is 13.7. The monoisotopic (exact) mass is 816 g/mol. The maximum absolute atomic E-state index is 13.0. The van der Waals surface area contributed by atoms with Gasteiger partial charge in [-0.25, -0.2) is 0 Å². The summed E-state index contributed by atoms with van der Waals surface area (Å²) >= 11 is 2.45. The lowest BCUT2D eigenvalue weighted by Crippen LogP contribution is -2.74. The van der Waals surface area contributed by atoms with Crippen molar-refractivity contribution in [1.82, 2.24) is 0 Å². The van der Waals surface area contributed by atoms with Crippen molar-refractivity contribution in [2.45, 2.75) is 99.3 Å². The van der Waals surface area contributed by atoms with Gasteiger partial charge in [-0.1, -0.05) is 53.7 Å². The summed E-state index contributed by atoms with van der Waals surface area (Å²) in [6.45, 7) is 13.7. The van der Waals surface area contributed by atoms with Crippen LogP contribution in [-0.4, -0.2) is 59.9 Å². The number of alkyl halides is 17. The van der Waals surface area contributed by atoms with Gasteiger partial charge in [0, 0.05) is 3.57 Å². The lowest BCUT2D eigenvalue weighted by atomic mass is 9.75. The lowest BCUT2D eigenvalue weighted by molar-refractivity contribution is -0.458. The summed E-state index contributed by atoms with van der Waals surface area (Å²) in [6.07, 6.45) is -7.88. The van der Waals surface area contributed by atoms with Crippen LogP contribution in [0.4, 0.5) is 74.6 Å². The molecule has 1 aromatic rings. The van der Waals surface area contributed by atoms with Gasteiger partial charge < -0.3 is 0 Å². The SMILES string of the molecule is CC(C)(C)c1cccc(I)c1C(C)(C)C.O=S(=O)(O)C(F)(F)C(F)(F)C(F)(F)C(F)(F)C(F)(F)C(F)(F)C(F)(F)C(F)(F)F. The second-order valence-electron chi connectivity index (χ2n) is 11.1. The number of benzene rings is 1. The molecule has 1 N–H and O–H groups in total. The van der Waals surface area contributed by atoms with E-state index in [4.69, 9.17) is 4.55 Å². The molecule has 22 heteroatoms. The van der Waals surface area contributed by atoms with E-state index < -0.39 is 57.1 Å². The predicted molar refractivity (Wildman–Crippen MR) is 129 cm³/mol. The molecular formula is C22H22F17IO3S. The first kappa shape index (κ1) is 42.7. The van der Waals surface area contributed by atoms with Crippen LogP contribution in [0.25, 0.3) is 0 Å². The van der Waals surface area contributed by atoms with Crippen LogP contribution >= 0.6 is 22.6 Å². The molecule has 3 nitrogen and oxygen atoms in total. The van der Waals surface area contributed by atoms with Gasteiger partial charge in [-0.15, -0.1) is 0 Å². The number of halogens is 18. The first-order valence-corrected chi connectivity index (χ1v) is 13.6. The topological polar surface area (TPSA) is 54.4 Å². The van der Waals surface area contributed by atoms with E-state index in [2.05, 4.69) is 82.3 Å². The van der Waals surface area contributed by atoms with E-state index >= 15 is 0 Å². The molecule has 0 spiro atoms. The predicted octanol–water partition coefficient (Wildman–Crippen LogP) is 9.73. The van der Waals surface area contributed by atoms with E-state index in [0.29, 0.717) is 0 Å². The highest BCUT2D eigenvalue weighted by Crippen LogP contribution is 2.64. The molecule has 0 aromatic heterocycles. The third-order valence-corrected chi connectivity index (χ3v) is 7.39. The molecular weight excluding hydrogens is 794 g/mol. The van der Waals surface area contributed by atoms with Crippen molar-refractivity contribution in [2.24, 2.45) is 0 Å². The smallest absolute Gasteiger partial charge is 0.281 e. The van der Waals surface area contributed by atoms with E-state index in [0.717, 1.165) is 0 Å². The molecule has 1 aromatic carbocycles. The second kappa shape index (κ2) is 11.7. The minimum Gasteiger partial charge on any atom is -0.281 e. The van der Waals surface area contributed by atoms with E-state index in [1.54, 1.807) is 0 Å². The molecule has 0 saturated heterocycles. The van der Waals surface area contributed by atoms with Crippen LogP contribution in [0.2, 0.25) is 0 Å². The van der Waals surface area contributed by atoms with Gasteiger partial charge in [-0.05, 0) is 50.6 Å². The summed E-state index contributed by atoms with van der Waals surface area (Å²) in [6, 6.07) is 6.64. The Morgan fingerprint density at radius 2 is 0.864 bits per heavy atom. The Bertz CT molecular complexity index is 1290. The van der Waals surface area contributed by atoms with Crippen molar-refractivity contribution in [2.75, 3.05) is 0 Å². The van der Waals surface area contributed by atoms with Crippen molar-refractivity contribution >= 4 is 32.7 Å². The molecule has 0 radical (unpaired) electrons. The maximum Gasteiger partial charge on any atom is 0.460 e. The van der Waals surface area contributed by atoms with Gasteiger partial charge in [0.2, 0.25) is 0 Å². The van der Waals surface area contributed by atoms with Crippen LogP contribution in [0.1, 0.15) is 52.7 Å². The highest BCUT2D eigenvalue weighted by atomic mass is 127. The van der Waals surface area contributed by atoms with Gasteiger partial charge in [0.25, 0.3) is 0 Å². The summed E-state index contributed by atoms with van der Waals surface area (Å²) < 4.78 is 244. The largest absolute Gasteiger partial charge is 0.460 e. The Balaban J connectivity index is 0.00000103. The van der Waals surface area contributed by atoms with E-state index in [1.807, 2.05) is 0 Å². The molecule has 0 aliphatic rings. The molecule has 0 bridgehead atoms. The highest BCUT2D eigenvalue weighted by Gasteiger charge is 2.96. The summed E-state index contributed by atoms with van der Waals surface area (Å²) in [4.78, 5) is 0. The van der Waals surface area contributed by atoms with Crippen LogP contribution in [0.3, 0.4) is 0 Å². The minimum atomic E-state index is -8.89. The van der Waals surface area contributed by atoms with Crippen molar-refractivity contribution in [1.29, 1.82) is 0 Å². The Labute approximate surface area is 252 Å². The maximum atomic E-state index is 13.0. The fourth-order valence-electron chi connectivity index (χ4n) is 3.22. The average molecular weight is 816 g/mol. The quantitative estimate of drug-likeness (QED) is 0.170. The van der Waals surface area contributed by atoms with Gasteiger partial charge in [0.15, 0.2) is 0 Å². The zero-order chi connectivity index (χ0) is 36.4. The third kappa shape index (κ3) is 6.85. The molecule has 0 heterocycles. The van der Waals surface area contributed by atoms with Crippen molar-refractivity contribution in [3.8, 4) is 0 Å². The van der Waals surface area contributed by atoms with Crippen LogP contribution in [0.5, 0.6) is 0 Å². The first-order chi connectivity index (χ1) is 18.6. The Morgan fingerprint density at radius 1 is 0.545 bits per heavy atom. The summed E-state index contributed by atoms with van der Waals surface area (Å²) in [7, 11) is -7.89. The molecule has 0 saturated carbocycles. The number of rotatable bonds is 7. The summed E-state index contributed by atoms with van der Waals surface area (Å²) in [5, 5.41) is -7.84. The molecule has 0 aliphatic carbocycles. The fraction of sp³-hybridized carbons (Fsp3) is 0.727. The Kier molecular flexibility index (Phi) is 11.4. The van der Waals surface area contributed by atoms with Crippen LogP contribution in [0, 0.1) is 3.57 Å². The normalized spacial score (nSPS) is 15.6. The molecule has 44 heavy (non-hydrogen) atoms. The number of hydrogen-bond acceptors (Lipinski definition) is 2. The van der Waals surface area contributed by atoms with Crippen molar-refractivity contribution in [3.63, 3.8) is 0 Å². The van der Waals surface area contributed by atoms with Crippen molar-refractivity contribution < 1.29 is 87.6 Å². The van der Waals surface area contributed by atoms with E-state index in [-0.39, 0.29) is 10.8 Å². The zero-order valence-corrected chi connectivity index (χ0v) is 25.7. The van der Waals surface area contributed by atoms with E-state index in [9.17, 15) is 83.1 Å². The zero-order valence-electron chi connectivity index (χ0n) is 22.7. The molecule has 0 fully saturated rings. The molecule has 0 aliphatic heterocycles. The molecule has 0 atom stereocenters. The first-order valence-electron chi connectivity index (χ1n) is 11.1. The van der Waals surface area contributed by atoms with Gasteiger partial charge in [0.05, 0.1) is 0 Å². The van der Waals surface area contributed by atoms with Gasteiger partial charge >= 0.3 is 57.1 Å². The molecule has 0 amide bonds. The molecule has 0 unspecified atom stereocenters. The summed E-state index contributed by atoms with van der Waals surface area (Å²) in [5.41, 5.74) is 3.42. The number of hydrogen-bond donors (Lipinski definition) is 1. The molecule has 260 valence electrons. The van der Waals surface area contributed by atoms with Crippen LogP contribution < -0.4 is 0 Å². The average Bonchev–Trinajstić information content (AvgIpc) is 2.75. The minimum absolute atomic E-state index is 0.223. The van der Waals surface area contributed by atoms with E-state index in [1.165, 1.54) is 14.7 Å². The highest BCUT2D eigenvalue weighted by molar-refractivity contribution is 14.1. The van der Waals surface area contributed by atoms with Gasteiger partial charge in [0.1, 0.15) is 0 Å². The van der Waals surface area contributed by atoms with Crippen molar-refractivity contribution in [3.05, 3.63) is 32.9 Å². The van der Waals surface area contributed by atoms with Gasteiger partial charge in [-0.2, -0.15) is 83.1 Å². The van der Waals surface area contributed by atoms with Crippen LogP contribution in [-0.2, 0) is 20.9 Å². The Morgan fingerprint density at radius 3 is 1.11 bits per heavy atom. The summed E-state index contributed by atoms with van der Waals surface area (Å²) in [5.74, 6) is -52.0. The molecule has 1 rings (SSSR count). The standard InChI is InChI=1S/C14H21I.C8HF17O3S/c1-13(2,3)10-8-7-9-11(15)12(10)14(4,5)6;9-1(10,3(13,14)5(17,18)7(21,22)23)2(11,12)4(15,16)6(19,20)8(24,25)29(26,27)28/h7-9H,1-6H3;(H,26,27,28). The third-order valence-electron chi connectivity index (χ3n) is 5.59. The fourth-order valence-corrected chi connectivity index (χ4v) is 4.98. The Hall–Kier alpha value is -1.33.